The second kappa shape index (κ2) is 4.96. The monoisotopic (exact) mass is 161 g/mol. The summed E-state index contributed by atoms with van der Waals surface area (Å²) in [6.07, 6.45) is -1.56. The molecule has 0 saturated heterocycles. The van der Waals surface area contributed by atoms with Crippen molar-refractivity contribution in [3.05, 3.63) is 0 Å². The second-order valence-electron chi connectivity index (χ2n) is 2.20. The third-order valence-corrected chi connectivity index (χ3v) is 1.60. The van der Waals surface area contributed by atoms with E-state index < -0.39 is 6.16 Å². The normalized spacial score (nSPS) is 13.1. The fourth-order valence-corrected chi connectivity index (χ4v) is 0.958. The Hall–Kier alpha value is -0.770. The molecule has 0 spiro atoms. The molecule has 0 fully saturated rings. The highest BCUT2D eigenvalue weighted by Gasteiger charge is 2.12. The van der Waals surface area contributed by atoms with E-state index in [0.717, 1.165) is 13.1 Å². The van der Waals surface area contributed by atoms with Crippen LogP contribution in [0.5, 0.6) is 0 Å². The number of carboxylic acid groups (broad SMARTS) is 1. The van der Waals surface area contributed by atoms with Gasteiger partial charge in [-0.1, -0.05) is 13.8 Å². The van der Waals surface area contributed by atoms with E-state index in [4.69, 9.17) is 5.11 Å². The number of rotatable bonds is 4. The van der Waals surface area contributed by atoms with E-state index >= 15 is 0 Å². The van der Waals surface area contributed by atoms with Gasteiger partial charge in [0.15, 0.2) is 6.23 Å². The standard InChI is InChI=1S/C7H15NO3/c1-4-8(5-2)6(3)11-7(9)10/h6H,4-5H2,1-3H3,(H,9,10). The Bertz CT molecular complexity index is 123. The third-order valence-electron chi connectivity index (χ3n) is 1.60. The molecule has 1 N–H and O–H groups in total. The minimum atomic E-state index is -1.22. The zero-order chi connectivity index (χ0) is 8.85. The molecule has 4 nitrogen and oxygen atoms in total. The van der Waals surface area contributed by atoms with Crippen molar-refractivity contribution in [2.45, 2.75) is 27.0 Å². The van der Waals surface area contributed by atoms with Crippen LogP contribution in [0.1, 0.15) is 20.8 Å². The zero-order valence-electron chi connectivity index (χ0n) is 7.20. The molecular formula is C7H15NO3. The smallest absolute Gasteiger partial charge is 0.450 e. The van der Waals surface area contributed by atoms with Crippen molar-refractivity contribution in [2.75, 3.05) is 13.1 Å². The van der Waals surface area contributed by atoms with Crippen LogP contribution in [0.25, 0.3) is 0 Å². The lowest BCUT2D eigenvalue weighted by Crippen LogP contribution is -2.35. The predicted molar refractivity (Wildman–Crippen MR) is 41.5 cm³/mol. The molecule has 0 heterocycles. The minimum absolute atomic E-state index is 0.345. The van der Waals surface area contributed by atoms with Crippen LogP contribution in [0.3, 0.4) is 0 Å². The Morgan fingerprint density at radius 3 is 2.27 bits per heavy atom. The number of carbonyl (C=O) groups is 1. The van der Waals surface area contributed by atoms with Gasteiger partial charge in [0.2, 0.25) is 0 Å². The summed E-state index contributed by atoms with van der Waals surface area (Å²) in [7, 11) is 0. The number of nitrogens with zero attached hydrogens (tertiary/aromatic N) is 1. The number of ether oxygens (including phenoxy) is 1. The molecule has 0 radical (unpaired) electrons. The van der Waals surface area contributed by atoms with Gasteiger partial charge in [-0.3, -0.25) is 4.90 Å². The van der Waals surface area contributed by atoms with Crippen LogP contribution in [0.2, 0.25) is 0 Å². The van der Waals surface area contributed by atoms with Crippen LogP contribution < -0.4 is 0 Å². The first-order chi connectivity index (χ1) is 5.11. The van der Waals surface area contributed by atoms with Crippen molar-refractivity contribution in [1.29, 1.82) is 0 Å². The molecule has 0 saturated carbocycles. The molecule has 0 aromatic carbocycles. The van der Waals surface area contributed by atoms with Gasteiger partial charge < -0.3 is 9.84 Å². The highest BCUT2D eigenvalue weighted by atomic mass is 16.7. The molecule has 1 unspecified atom stereocenters. The van der Waals surface area contributed by atoms with Crippen LogP contribution in [0, 0.1) is 0 Å². The van der Waals surface area contributed by atoms with E-state index in [1.54, 1.807) is 6.92 Å². The summed E-state index contributed by atoms with van der Waals surface area (Å²) in [5.41, 5.74) is 0. The molecule has 0 aliphatic heterocycles. The van der Waals surface area contributed by atoms with Crippen LogP contribution in [-0.4, -0.2) is 35.5 Å². The predicted octanol–water partition coefficient (Wildman–Crippen LogP) is 1.37. The summed E-state index contributed by atoms with van der Waals surface area (Å²) >= 11 is 0. The van der Waals surface area contributed by atoms with Gasteiger partial charge in [0.05, 0.1) is 0 Å². The van der Waals surface area contributed by atoms with Crippen LogP contribution >= 0.6 is 0 Å². The lowest BCUT2D eigenvalue weighted by atomic mass is 10.4. The van der Waals surface area contributed by atoms with E-state index in [2.05, 4.69) is 4.74 Å². The van der Waals surface area contributed by atoms with Gasteiger partial charge in [-0.2, -0.15) is 0 Å². The molecule has 0 aliphatic rings. The quantitative estimate of drug-likeness (QED) is 0.499. The second-order valence-corrected chi connectivity index (χ2v) is 2.20. The van der Waals surface area contributed by atoms with Crippen molar-refractivity contribution in [2.24, 2.45) is 0 Å². The topological polar surface area (TPSA) is 49.8 Å². The van der Waals surface area contributed by atoms with E-state index in [0.29, 0.717) is 0 Å². The summed E-state index contributed by atoms with van der Waals surface area (Å²) in [6, 6.07) is 0. The van der Waals surface area contributed by atoms with Crippen molar-refractivity contribution in [3.8, 4) is 0 Å². The molecule has 4 heteroatoms. The fraction of sp³-hybridized carbons (Fsp3) is 0.857. The summed E-state index contributed by atoms with van der Waals surface area (Å²) in [4.78, 5) is 12.0. The molecule has 0 aromatic heterocycles. The first kappa shape index (κ1) is 10.2. The van der Waals surface area contributed by atoms with Crippen molar-refractivity contribution >= 4 is 6.16 Å². The van der Waals surface area contributed by atoms with Crippen molar-refractivity contribution in [1.82, 2.24) is 4.90 Å². The maximum absolute atomic E-state index is 10.1. The molecule has 11 heavy (non-hydrogen) atoms. The average Bonchev–Trinajstić information content (AvgIpc) is 1.88. The van der Waals surface area contributed by atoms with Crippen LogP contribution in [0.4, 0.5) is 4.79 Å². The van der Waals surface area contributed by atoms with E-state index in [9.17, 15) is 4.79 Å². The number of hydrogen-bond donors (Lipinski definition) is 1. The van der Waals surface area contributed by atoms with Gasteiger partial charge in [0, 0.05) is 0 Å². The summed E-state index contributed by atoms with van der Waals surface area (Å²) < 4.78 is 4.54. The van der Waals surface area contributed by atoms with Crippen molar-refractivity contribution in [3.63, 3.8) is 0 Å². The molecular weight excluding hydrogens is 146 g/mol. The summed E-state index contributed by atoms with van der Waals surface area (Å²) in [5.74, 6) is 0. The summed E-state index contributed by atoms with van der Waals surface area (Å²) in [6.45, 7) is 7.24. The zero-order valence-corrected chi connectivity index (χ0v) is 7.20. The van der Waals surface area contributed by atoms with Crippen LogP contribution in [-0.2, 0) is 4.74 Å². The highest BCUT2D eigenvalue weighted by molar-refractivity contribution is 5.56. The molecule has 0 aromatic rings. The number of hydrogen-bond acceptors (Lipinski definition) is 3. The molecule has 1 atom stereocenters. The van der Waals surface area contributed by atoms with Crippen molar-refractivity contribution < 1.29 is 14.6 Å². The first-order valence-corrected chi connectivity index (χ1v) is 3.75. The molecule has 0 amide bonds. The lowest BCUT2D eigenvalue weighted by molar-refractivity contribution is -0.0202. The summed E-state index contributed by atoms with van der Waals surface area (Å²) in [5, 5.41) is 8.27. The Morgan fingerprint density at radius 1 is 1.55 bits per heavy atom. The Morgan fingerprint density at radius 2 is 2.00 bits per heavy atom. The molecule has 0 aliphatic carbocycles. The molecule has 0 bridgehead atoms. The van der Waals surface area contributed by atoms with Gasteiger partial charge in [0.25, 0.3) is 0 Å². The van der Waals surface area contributed by atoms with Crippen LogP contribution in [0.15, 0.2) is 0 Å². The van der Waals surface area contributed by atoms with E-state index in [1.807, 2.05) is 18.7 Å². The SMILES string of the molecule is CCN(CC)C(C)OC(=O)O. The first-order valence-electron chi connectivity index (χ1n) is 3.75. The van der Waals surface area contributed by atoms with Gasteiger partial charge in [-0.25, -0.2) is 4.79 Å². The minimum Gasteiger partial charge on any atom is -0.450 e. The largest absolute Gasteiger partial charge is 0.507 e. The Balaban J connectivity index is 3.78. The third kappa shape index (κ3) is 3.83. The highest BCUT2D eigenvalue weighted by Crippen LogP contribution is 1.99. The Labute approximate surface area is 66.8 Å². The fourth-order valence-electron chi connectivity index (χ4n) is 0.958. The van der Waals surface area contributed by atoms with Gasteiger partial charge >= 0.3 is 6.16 Å². The van der Waals surface area contributed by atoms with Gasteiger partial charge in [0.1, 0.15) is 0 Å². The molecule has 66 valence electrons. The van der Waals surface area contributed by atoms with E-state index in [-0.39, 0.29) is 6.23 Å². The maximum atomic E-state index is 10.1. The van der Waals surface area contributed by atoms with Gasteiger partial charge in [-0.05, 0) is 20.0 Å². The van der Waals surface area contributed by atoms with E-state index in [1.165, 1.54) is 0 Å². The lowest BCUT2D eigenvalue weighted by Gasteiger charge is -2.24. The molecule has 0 rings (SSSR count). The van der Waals surface area contributed by atoms with Gasteiger partial charge in [-0.15, -0.1) is 0 Å². The average molecular weight is 161 g/mol. The Kier molecular flexibility index (Phi) is 4.61. The maximum Gasteiger partial charge on any atom is 0.507 e.